The molecule has 0 atom stereocenters. The van der Waals surface area contributed by atoms with Crippen molar-refractivity contribution in [3.05, 3.63) is 35.1 Å². The summed E-state index contributed by atoms with van der Waals surface area (Å²) in [7, 11) is 1.77. The van der Waals surface area contributed by atoms with E-state index in [4.69, 9.17) is 4.74 Å². The third-order valence-corrected chi connectivity index (χ3v) is 3.53. The van der Waals surface area contributed by atoms with Crippen LogP contribution >= 0.6 is 0 Å². The van der Waals surface area contributed by atoms with Crippen LogP contribution in [0.4, 0.5) is 9.18 Å². The topological polar surface area (TPSA) is 41.6 Å². The molecule has 2 amide bonds. The average molecular weight is 280 g/mol. The van der Waals surface area contributed by atoms with Gasteiger partial charge < -0.3 is 15.0 Å². The summed E-state index contributed by atoms with van der Waals surface area (Å²) in [6.45, 7) is 6.27. The second-order valence-corrected chi connectivity index (χ2v) is 5.90. The SMILES string of the molecule is Cc1cc(CNC(=O)N(C)CC2(C)COC2)ccc1F. The lowest BCUT2D eigenvalue weighted by atomic mass is 9.88. The highest BCUT2D eigenvalue weighted by atomic mass is 19.1. The zero-order valence-electron chi connectivity index (χ0n) is 12.2. The third-order valence-electron chi connectivity index (χ3n) is 3.53. The number of rotatable bonds is 4. The molecule has 1 aliphatic rings. The molecule has 1 fully saturated rings. The number of carbonyl (C=O) groups is 1. The van der Waals surface area contributed by atoms with Crippen LogP contribution in [0.1, 0.15) is 18.1 Å². The van der Waals surface area contributed by atoms with E-state index in [-0.39, 0.29) is 17.3 Å². The quantitative estimate of drug-likeness (QED) is 0.919. The maximum atomic E-state index is 13.1. The van der Waals surface area contributed by atoms with Gasteiger partial charge in [-0.3, -0.25) is 0 Å². The number of halogens is 1. The van der Waals surface area contributed by atoms with Crippen LogP contribution in [0, 0.1) is 18.2 Å². The first-order valence-electron chi connectivity index (χ1n) is 6.71. The maximum Gasteiger partial charge on any atom is 0.317 e. The summed E-state index contributed by atoms with van der Waals surface area (Å²) in [5.74, 6) is -0.227. The Labute approximate surface area is 118 Å². The normalized spacial score (nSPS) is 16.4. The first kappa shape index (κ1) is 14.8. The van der Waals surface area contributed by atoms with E-state index >= 15 is 0 Å². The van der Waals surface area contributed by atoms with E-state index < -0.39 is 0 Å². The number of aryl methyl sites for hydroxylation is 1. The van der Waals surface area contributed by atoms with Crippen molar-refractivity contribution in [1.29, 1.82) is 0 Å². The van der Waals surface area contributed by atoms with E-state index in [2.05, 4.69) is 12.2 Å². The second kappa shape index (κ2) is 5.79. The number of benzene rings is 1. The molecule has 1 aromatic carbocycles. The summed E-state index contributed by atoms with van der Waals surface area (Å²) in [4.78, 5) is 13.7. The van der Waals surface area contributed by atoms with Crippen LogP contribution in [0.3, 0.4) is 0 Å². The standard InChI is InChI=1S/C15H21FN2O2/c1-11-6-12(4-5-13(11)16)7-17-14(19)18(3)8-15(2)9-20-10-15/h4-6H,7-10H2,1-3H3,(H,17,19). The molecule has 2 rings (SSSR count). The van der Waals surface area contributed by atoms with Gasteiger partial charge in [0, 0.05) is 25.6 Å². The fourth-order valence-corrected chi connectivity index (χ4v) is 2.32. The summed E-state index contributed by atoms with van der Waals surface area (Å²) in [5.41, 5.74) is 1.55. The number of amides is 2. The number of hydrogen-bond donors (Lipinski definition) is 1. The number of ether oxygens (including phenoxy) is 1. The number of carbonyl (C=O) groups excluding carboxylic acids is 1. The van der Waals surface area contributed by atoms with Crippen molar-refractivity contribution in [1.82, 2.24) is 10.2 Å². The van der Waals surface area contributed by atoms with Crippen LogP contribution in [0.25, 0.3) is 0 Å². The third kappa shape index (κ3) is 3.48. The molecule has 1 N–H and O–H groups in total. The Balaban J connectivity index is 1.83. The van der Waals surface area contributed by atoms with Gasteiger partial charge in [-0.2, -0.15) is 0 Å². The van der Waals surface area contributed by atoms with Crippen LogP contribution in [-0.4, -0.2) is 37.7 Å². The molecule has 1 aromatic rings. The van der Waals surface area contributed by atoms with Gasteiger partial charge in [0.1, 0.15) is 5.82 Å². The monoisotopic (exact) mass is 280 g/mol. The molecule has 1 saturated heterocycles. The lowest BCUT2D eigenvalue weighted by Gasteiger charge is -2.40. The van der Waals surface area contributed by atoms with Crippen LogP contribution in [0.15, 0.2) is 18.2 Å². The van der Waals surface area contributed by atoms with E-state index in [9.17, 15) is 9.18 Å². The molecule has 0 spiro atoms. The van der Waals surface area contributed by atoms with Crippen molar-refractivity contribution in [3.63, 3.8) is 0 Å². The van der Waals surface area contributed by atoms with E-state index in [1.54, 1.807) is 31.0 Å². The van der Waals surface area contributed by atoms with E-state index in [0.717, 1.165) is 5.56 Å². The van der Waals surface area contributed by atoms with Crippen molar-refractivity contribution in [2.75, 3.05) is 26.8 Å². The van der Waals surface area contributed by atoms with Crippen LogP contribution in [0.5, 0.6) is 0 Å². The molecule has 0 bridgehead atoms. The van der Waals surface area contributed by atoms with E-state index in [1.807, 2.05) is 0 Å². The second-order valence-electron chi connectivity index (χ2n) is 5.90. The zero-order chi connectivity index (χ0) is 14.8. The predicted molar refractivity (Wildman–Crippen MR) is 74.9 cm³/mol. The number of nitrogens with zero attached hydrogens (tertiary/aromatic N) is 1. The molecule has 1 aliphatic heterocycles. The van der Waals surface area contributed by atoms with Crippen molar-refractivity contribution < 1.29 is 13.9 Å². The Bertz CT molecular complexity index is 501. The van der Waals surface area contributed by atoms with Gasteiger partial charge in [0.05, 0.1) is 13.2 Å². The first-order chi connectivity index (χ1) is 9.39. The highest BCUT2D eigenvalue weighted by Gasteiger charge is 2.35. The van der Waals surface area contributed by atoms with Gasteiger partial charge in [0.25, 0.3) is 0 Å². The number of urea groups is 1. The first-order valence-corrected chi connectivity index (χ1v) is 6.71. The largest absolute Gasteiger partial charge is 0.380 e. The number of hydrogen-bond acceptors (Lipinski definition) is 2. The predicted octanol–water partition coefficient (Wildman–Crippen LogP) is 2.31. The minimum Gasteiger partial charge on any atom is -0.380 e. The van der Waals surface area contributed by atoms with Gasteiger partial charge in [-0.05, 0) is 24.1 Å². The molecule has 0 unspecified atom stereocenters. The molecule has 0 saturated carbocycles. The van der Waals surface area contributed by atoms with Gasteiger partial charge in [0.15, 0.2) is 0 Å². The Morgan fingerprint density at radius 2 is 2.20 bits per heavy atom. The van der Waals surface area contributed by atoms with E-state index in [1.165, 1.54) is 6.07 Å². The maximum absolute atomic E-state index is 13.1. The molecule has 110 valence electrons. The summed E-state index contributed by atoms with van der Waals surface area (Å²) >= 11 is 0. The highest BCUT2D eigenvalue weighted by molar-refractivity contribution is 5.73. The van der Waals surface area contributed by atoms with Crippen LogP contribution in [-0.2, 0) is 11.3 Å². The Morgan fingerprint density at radius 3 is 2.75 bits per heavy atom. The zero-order valence-corrected chi connectivity index (χ0v) is 12.2. The summed E-state index contributed by atoms with van der Waals surface area (Å²) in [6, 6.07) is 4.73. The summed E-state index contributed by atoms with van der Waals surface area (Å²) in [6.07, 6.45) is 0. The van der Waals surface area contributed by atoms with Crippen molar-refractivity contribution in [2.24, 2.45) is 5.41 Å². The molecule has 4 nitrogen and oxygen atoms in total. The van der Waals surface area contributed by atoms with Gasteiger partial charge in [-0.25, -0.2) is 9.18 Å². The Kier molecular flexibility index (Phi) is 4.28. The van der Waals surface area contributed by atoms with Gasteiger partial charge in [-0.15, -0.1) is 0 Å². The van der Waals surface area contributed by atoms with E-state index in [0.29, 0.717) is 31.9 Å². The van der Waals surface area contributed by atoms with Crippen LogP contribution < -0.4 is 5.32 Å². The minimum atomic E-state index is -0.227. The number of nitrogens with one attached hydrogen (secondary N) is 1. The summed E-state index contributed by atoms with van der Waals surface area (Å²) in [5, 5.41) is 2.84. The fraction of sp³-hybridized carbons (Fsp3) is 0.533. The molecule has 20 heavy (non-hydrogen) atoms. The van der Waals surface area contributed by atoms with Crippen LogP contribution in [0.2, 0.25) is 0 Å². The van der Waals surface area contributed by atoms with Crippen molar-refractivity contribution >= 4 is 6.03 Å². The van der Waals surface area contributed by atoms with Crippen molar-refractivity contribution in [3.8, 4) is 0 Å². The fourth-order valence-electron chi connectivity index (χ4n) is 2.32. The molecule has 0 aliphatic carbocycles. The highest BCUT2D eigenvalue weighted by Crippen LogP contribution is 2.27. The lowest BCUT2D eigenvalue weighted by molar-refractivity contribution is -0.108. The Morgan fingerprint density at radius 1 is 1.50 bits per heavy atom. The van der Waals surface area contributed by atoms with Gasteiger partial charge >= 0.3 is 6.03 Å². The molecule has 0 aromatic heterocycles. The van der Waals surface area contributed by atoms with Gasteiger partial charge in [-0.1, -0.05) is 19.1 Å². The molecular formula is C15H21FN2O2. The molecular weight excluding hydrogens is 259 g/mol. The molecule has 5 heteroatoms. The molecule has 1 heterocycles. The summed E-state index contributed by atoms with van der Waals surface area (Å²) < 4.78 is 18.3. The Hall–Kier alpha value is -1.62. The molecule has 0 radical (unpaired) electrons. The average Bonchev–Trinajstić information content (AvgIpc) is 2.37. The van der Waals surface area contributed by atoms with Gasteiger partial charge in [0.2, 0.25) is 0 Å². The lowest BCUT2D eigenvalue weighted by Crippen LogP contribution is -2.51. The van der Waals surface area contributed by atoms with Crippen molar-refractivity contribution in [2.45, 2.75) is 20.4 Å². The smallest absolute Gasteiger partial charge is 0.317 e. The minimum absolute atomic E-state index is 0.0680.